The zero-order valence-corrected chi connectivity index (χ0v) is 13.8. The number of benzene rings is 2. The molecular weight excluding hydrogens is 358 g/mol. The van der Waals surface area contributed by atoms with Gasteiger partial charge >= 0.3 is 0 Å². The summed E-state index contributed by atoms with van der Waals surface area (Å²) in [6.07, 6.45) is 0. The molecular formula is C15H13BrClNO3. The minimum absolute atomic E-state index is 0.219. The Morgan fingerprint density at radius 3 is 2.48 bits per heavy atom. The molecule has 0 aromatic heterocycles. The van der Waals surface area contributed by atoms with Gasteiger partial charge in [-0.05, 0) is 40.2 Å². The van der Waals surface area contributed by atoms with E-state index in [-0.39, 0.29) is 5.78 Å². The van der Waals surface area contributed by atoms with Crippen molar-refractivity contribution in [1.29, 1.82) is 0 Å². The Bertz CT molecular complexity index is 704. The lowest BCUT2D eigenvalue weighted by Crippen LogP contribution is -2.06. The van der Waals surface area contributed by atoms with Gasteiger partial charge in [-0.1, -0.05) is 11.6 Å². The molecule has 6 heteroatoms. The molecule has 21 heavy (non-hydrogen) atoms. The van der Waals surface area contributed by atoms with Gasteiger partial charge in [-0.3, -0.25) is 4.79 Å². The number of nitrogen functional groups attached to an aromatic ring is 1. The Morgan fingerprint density at radius 1 is 1.19 bits per heavy atom. The SMILES string of the molecule is COc1cc(Br)c(C(=O)c2ccc(N)c(Cl)c2)c(OC)c1. The van der Waals surface area contributed by atoms with Gasteiger partial charge in [0.25, 0.3) is 0 Å². The first-order chi connectivity index (χ1) is 9.97. The van der Waals surface area contributed by atoms with E-state index in [1.807, 2.05) is 0 Å². The van der Waals surface area contributed by atoms with Crippen LogP contribution in [0.1, 0.15) is 15.9 Å². The summed E-state index contributed by atoms with van der Waals surface area (Å²) in [6.45, 7) is 0. The van der Waals surface area contributed by atoms with E-state index < -0.39 is 0 Å². The topological polar surface area (TPSA) is 61.5 Å². The van der Waals surface area contributed by atoms with Gasteiger partial charge in [-0.15, -0.1) is 0 Å². The van der Waals surface area contributed by atoms with Crippen molar-refractivity contribution >= 4 is 39.0 Å². The number of carbonyl (C=O) groups excluding carboxylic acids is 1. The second kappa shape index (κ2) is 6.37. The standard InChI is InChI=1S/C15H13BrClNO3/c1-20-9-6-10(16)14(13(7-9)21-2)15(19)8-3-4-12(18)11(17)5-8/h3-7H,18H2,1-2H3. The Hall–Kier alpha value is -1.72. The maximum Gasteiger partial charge on any atom is 0.197 e. The number of carbonyl (C=O) groups is 1. The van der Waals surface area contributed by atoms with E-state index in [4.69, 9.17) is 26.8 Å². The molecule has 0 saturated carbocycles. The summed E-state index contributed by atoms with van der Waals surface area (Å²) in [5, 5.41) is 0.337. The summed E-state index contributed by atoms with van der Waals surface area (Å²) in [7, 11) is 3.04. The van der Waals surface area contributed by atoms with Gasteiger partial charge in [0.2, 0.25) is 0 Å². The first-order valence-corrected chi connectivity index (χ1v) is 7.16. The molecule has 0 heterocycles. The molecule has 2 aromatic rings. The van der Waals surface area contributed by atoms with Crippen molar-refractivity contribution in [3.63, 3.8) is 0 Å². The normalized spacial score (nSPS) is 10.3. The lowest BCUT2D eigenvalue weighted by atomic mass is 10.0. The van der Waals surface area contributed by atoms with Crippen LogP contribution in [-0.2, 0) is 0 Å². The van der Waals surface area contributed by atoms with E-state index in [0.29, 0.717) is 37.8 Å². The number of nitrogens with two attached hydrogens (primary N) is 1. The smallest absolute Gasteiger partial charge is 0.197 e. The molecule has 0 saturated heterocycles. The third-order valence-electron chi connectivity index (χ3n) is 2.97. The Labute approximate surface area is 135 Å². The van der Waals surface area contributed by atoms with Gasteiger partial charge in [0.15, 0.2) is 5.78 Å². The van der Waals surface area contributed by atoms with Crippen LogP contribution in [0.5, 0.6) is 11.5 Å². The summed E-state index contributed by atoms with van der Waals surface area (Å²) in [5.41, 5.74) is 6.91. The van der Waals surface area contributed by atoms with Crippen molar-refractivity contribution in [3.05, 3.63) is 51.0 Å². The Kier molecular flexibility index (Phi) is 4.75. The van der Waals surface area contributed by atoms with Crippen molar-refractivity contribution in [2.45, 2.75) is 0 Å². The van der Waals surface area contributed by atoms with Crippen LogP contribution in [0.4, 0.5) is 5.69 Å². The number of anilines is 1. The highest BCUT2D eigenvalue weighted by Crippen LogP contribution is 2.34. The molecule has 0 radical (unpaired) electrons. The van der Waals surface area contributed by atoms with Gasteiger partial charge in [0, 0.05) is 16.1 Å². The second-order valence-electron chi connectivity index (χ2n) is 4.25. The van der Waals surface area contributed by atoms with Gasteiger partial charge < -0.3 is 15.2 Å². The largest absolute Gasteiger partial charge is 0.497 e. The molecule has 4 nitrogen and oxygen atoms in total. The molecule has 2 aromatic carbocycles. The molecule has 0 unspecified atom stereocenters. The predicted molar refractivity (Wildman–Crippen MR) is 86.5 cm³/mol. The van der Waals surface area contributed by atoms with Gasteiger partial charge in [0.1, 0.15) is 11.5 Å². The summed E-state index contributed by atoms with van der Waals surface area (Å²) in [4.78, 5) is 12.7. The average molecular weight is 371 g/mol. The number of hydrogen-bond donors (Lipinski definition) is 1. The van der Waals surface area contributed by atoms with Gasteiger partial charge in [-0.25, -0.2) is 0 Å². The Morgan fingerprint density at radius 2 is 1.90 bits per heavy atom. The monoisotopic (exact) mass is 369 g/mol. The first kappa shape index (κ1) is 15.7. The van der Waals surface area contributed by atoms with E-state index in [1.54, 1.807) is 31.4 Å². The number of ketones is 1. The zero-order chi connectivity index (χ0) is 15.6. The quantitative estimate of drug-likeness (QED) is 0.654. The second-order valence-corrected chi connectivity index (χ2v) is 5.51. The van der Waals surface area contributed by atoms with E-state index in [2.05, 4.69) is 15.9 Å². The molecule has 0 aliphatic carbocycles. The summed E-state index contributed by atoms with van der Waals surface area (Å²) >= 11 is 9.34. The van der Waals surface area contributed by atoms with E-state index in [1.165, 1.54) is 13.2 Å². The molecule has 0 atom stereocenters. The summed E-state index contributed by atoms with van der Waals surface area (Å²) < 4.78 is 11.0. The zero-order valence-electron chi connectivity index (χ0n) is 11.4. The molecule has 0 fully saturated rings. The molecule has 0 bridgehead atoms. The fraction of sp³-hybridized carbons (Fsp3) is 0.133. The minimum Gasteiger partial charge on any atom is -0.497 e. The van der Waals surface area contributed by atoms with Crippen LogP contribution in [0, 0.1) is 0 Å². The van der Waals surface area contributed by atoms with Crippen molar-refractivity contribution in [3.8, 4) is 11.5 Å². The lowest BCUT2D eigenvalue weighted by molar-refractivity contribution is 0.103. The first-order valence-electron chi connectivity index (χ1n) is 5.99. The highest BCUT2D eigenvalue weighted by molar-refractivity contribution is 9.10. The Balaban J connectivity index is 2.54. The molecule has 0 amide bonds. The van der Waals surface area contributed by atoms with Crippen molar-refractivity contribution in [1.82, 2.24) is 0 Å². The number of ether oxygens (including phenoxy) is 2. The average Bonchev–Trinajstić information content (AvgIpc) is 2.48. The molecule has 0 aliphatic rings. The van der Waals surface area contributed by atoms with Crippen LogP contribution < -0.4 is 15.2 Å². The predicted octanol–water partition coefficient (Wildman–Crippen LogP) is 3.93. The van der Waals surface area contributed by atoms with Gasteiger partial charge in [-0.2, -0.15) is 0 Å². The van der Waals surface area contributed by atoms with Crippen LogP contribution >= 0.6 is 27.5 Å². The minimum atomic E-state index is -0.219. The van der Waals surface area contributed by atoms with E-state index in [0.717, 1.165) is 0 Å². The summed E-state index contributed by atoms with van der Waals surface area (Å²) in [6, 6.07) is 8.11. The third kappa shape index (κ3) is 3.14. The van der Waals surface area contributed by atoms with Crippen molar-refractivity contribution in [2.24, 2.45) is 0 Å². The number of rotatable bonds is 4. The fourth-order valence-corrected chi connectivity index (χ4v) is 2.65. The van der Waals surface area contributed by atoms with Crippen molar-refractivity contribution < 1.29 is 14.3 Å². The van der Waals surface area contributed by atoms with Crippen LogP contribution in [0.3, 0.4) is 0 Å². The number of methoxy groups -OCH3 is 2. The molecule has 2 rings (SSSR count). The molecule has 0 spiro atoms. The lowest BCUT2D eigenvalue weighted by Gasteiger charge is -2.12. The van der Waals surface area contributed by atoms with E-state index >= 15 is 0 Å². The molecule has 110 valence electrons. The maximum atomic E-state index is 12.7. The van der Waals surface area contributed by atoms with Crippen LogP contribution in [-0.4, -0.2) is 20.0 Å². The highest BCUT2D eigenvalue weighted by atomic mass is 79.9. The summed E-state index contributed by atoms with van der Waals surface area (Å²) in [5.74, 6) is 0.785. The maximum absolute atomic E-state index is 12.7. The molecule has 2 N–H and O–H groups in total. The number of halogens is 2. The highest BCUT2D eigenvalue weighted by Gasteiger charge is 2.20. The molecule has 0 aliphatic heterocycles. The third-order valence-corrected chi connectivity index (χ3v) is 3.93. The van der Waals surface area contributed by atoms with Crippen LogP contribution in [0.15, 0.2) is 34.8 Å². The number of hydrogen-bond acceptors (Lipinski definition) is 4. The van der Waals surface area contributed by atoms with Gasteiger partial charge in [0.05, 0.1) is 30.5 Å². The van der Waals surface area contributed by atoms with E-state index in [9.17, 15) is 4.79 Å². The van der Waals surface area contributed by atoms with Crippen molar-refractivity contribution in [2.75, 3.05) is 20.0 Å². The van der Waals surface area contributed by atoms with Crippen LogP contribution in [0.2, 0.25) is 5.02 Å². The van der Waals surface area contributed by atoms with Crippen LogP contribution in [0.25, 0.3) is 0 Å². The fourth-order valence-electron chi connectivity index (χ4n) is 1.87.